The van der Waals surface area contributed by atoms with E-state index in [-0.39, 0.29) is 29.3 Å². The number of pyridine rings is 1. The van der Waals surface area contributed by atoms with E-state index in [1.54, 1.807) is 31.5 Å². The van der Waals surface area contributed by atoms with Gasteiger partial charge in [-0.3, -0.25) is 9.78 Å². The van der Waals surface area contributed by atoms with Crippen LogP contribution in [0.2, 0.25) is 5.02 Å². The Balaban J connectivity index is 1.51. The molecule has 4 aromatic rings. The molecule has 0 spiro atoms. The number of nitrogens with two attached hydrogens (primary N) is 1. The van der Waals surface area contributed by atoms with Gasteiger partial charge in [0.25, 0.3) is 5.56 Å². The third kappa shape index (κ3) is 5.39. The summed E-state index contributed by atoms with van der Waals surface area (Å²) in [6.45, 7) is 0.277. The van der Waals surface area contributed by atoms with Crippen LogP contribution in [0.4, 0.5) is 13.2 Å². The molecule has 2 heterocycles. The predicted molar refractivity (Wildman–Crippen MR) is 126 cm³/mol. The molecule has 7 nitrogen and oxygen atoms in total. The molecule has 2 aromatic heterocycles. The van der Waals surface area contributed by atoms with Crippen LogP contribution in [-0.4, -0.2) is 34.7 Å². The number of benzene rings is 2. The molecule has 2 N–H and O–H groups in total. The summed E-state index contributed by atoms with van der Waals surface area (Å²) in [4.78, 5) is 16.6. The van der Waals surface area contributed by atoms with E-state index in [0.29, 0.717) is 28.3 Å². The van der Waals surface area contributed by atoms with E-state index in [0.717, 1.165) is 5.39 Å². The van der Waals surface area contributed by atoms with Gasteiger partial charge in [-0.2, -0.15) is 18.3 Å². The number of ether oxygens (including phenoxy) is 2. The summed E-state index contributed by atoms with van der Waals surface area (Å²) in [5, 5.41) is 4.95. The van der Waals surface area contributed by atoms with Crippen LogP contribution in [0.3, 0.4) is 0 Å². The third-order valence-corrected chi connectivity index (χ3v) is 5.65. The lowest BCUT2D eigenvalue weighted by molar-refractivity contribution is -0.149. The molecular weight excluding hydrogens is 485 g/mol. The zero-order chi connectivity index (χ0) is 25.2. The molecule has 182 valence electrons. The maximum atomic E-state index is 12.9. The molecule has 0 bridgehead atoms. The molecule has 0 unspecified atom stereocenters. The second-order valence-corrected chi connectivity index (χ2v) is 7.98. The highest BCUT2D eigenvalue weighted by molar-refractivity contribution is 6.31. The average Bonchev–Trinajstić information content (AvgIpc) is 2.84. The minimum absolute atomic E-state index is 0.136. The lowest BCUT2D eigenvalue weighted by Gasteiger charge is -2.17. The Morgan fingerprint density at radius 3 is 2.63 bits per heavy atom. The molecule has 0 saturated carbocycles. The first kappa shape index (κ1) is 24.5. The van der Waals surface area contributed by atoms with Crippen molar-refractivity contribution in [3.63, 3.8) is 0 Å². The fraction of sp³-hybridized carbons (Fsp3) is 0.208. The van der Waals surface area contributed by atoms with Gasteiger partial charge in [-0.15, -0.1) is 0 Å². The van der Waals surface area contributed by atoms with Crippen molar-refractivity contribution in [3.8, 4) is 22.8 Å². The minimum atomic E-state index is -4.62. The normalized spacial score (nSPS) is 12.5. The highest BCUT2D eigenvalue weighted by atomic mass is 35.5. The van der Waals surface area contributed by atoms with E-state index in [4.69, 9.17) is 26.8 Å². The highest BCUT2D eigenvalue weighted by Crippen LogP contribution is 2.35. The average molecular weight is 505 g/mol. The number of aromatic nitrogens is 3. The van der Waals surface area contributed by atoms with Crippen molar-refractivity contribution in [1.82, 2.24) is 14.8 Å². The zero-order valence-corrected chi connectivity index (χ0v) is 19.2. The quantitative estimate of drug-likeness (QED) is 0.390. The van der Waals surface area contributed by atoms with Crippen molar-refractivity contribution >= 4 is 22.5 Å². The Morgan fingerprint density at radius 1 is 1.11 bits per heavy atom. The van der Waals surface area contributed by atoms with Crippen LogP contribution in [0.15, 0.2) is 65.6 Å². The molecule has 0 aliphatic rings. The van der Waals surface area contributed by atoms with Crippen LogP contribution in [0.1, 0.15) is 11.6 Å². The SMILES string of the molecule is COc1ccc2c(OCCn3nc(-c4ccc([C@@H](N)C(F)(F)F)c(Cl)c4)ccc3=O)ccnc2c1. The lowest BCUT2D eigenvalue weighted by Crippen LogP contribution is -2.28. The third-order valence-electron chi connectivity index (χ3n) is 5.32. The fourth-order valence-corrected chi connectivity index (χ4v) is 3.77. The number of hydrogen-bond donors (Lipinski definition) is 1. The van der Waals surface area contributed by atoms with Gasteiger partial charge in [-0.1, -0.05) is 23.7 Å². The van der Waals surface area contributed by atoms with Crippen LogP contribution in [0, 0.1) is 0 Å². The lowest BCUT2D eigenvalue weighted by atomic mass is 10.0. The maximum absolute atomic E-state index is 12.9. The zero-order valence-electron chi connectivity index (χ0n) is 18.4. The Bertz CT molecular complexity index is 1430. The molecule has 0 aliphatic heterocycles. The number of rotatable bonds is 7. The van der Waals surface area contributed by atoms with E-state index in [1.807, 2.05) is 6.07 Å². The maximum Gasteiger partial charge on any atom is 0.407 e. The number of alkyl halides is 3. The van der Waals surface area contributed by atoms with Gasteiger partial charge in [0.2, 0.25) is 0 Å². The van der Waals surface area contributed by atoms with Gasteiger partial charge in [0.1, 0.15) is 24.1 Å². The summed E-state index contributed by atoms with van der Waals surface area (Å²) in [7, 11) is 1.57. The van der Waals surface area contributed by atoms with Gasteiger partial charge in [-0.25, -0.2) is 4.68 Å². The van der Waals surface area contributed by atoms with Gasteiger partial charge in [-0.05, 0) is 35.9 Å². The molecule has 0 fully saturated rings. The first-order valence-corrected chi connectivity index (χ1v) is 10.8. The minimum Gasteiger partial charge on any atom is -0.497 e. The Labute approximate surface area is 202 Å². The van der Waals surface area contributed by atoms with E-state index < -0.39 is 12.2 Å². The number of fused-ring (bicyclic) bond motifs is 1. The Hall–Kier alpha value is -3.63. The number of hydrogen-bond acceptors (Lipinski definition) is 6. The largest absolute Gasteiger partial charge is 0.497 e. The summed E-state index contributed by atoms with van der Waals surface area (Å²) >= 11 is 6.06. The molecular formula is C24H20ClF3N4O3. The molecule has 0 saturated heterocycles. The second kappa shape index (κ2) is 9.93. The topological polar surface area (TPSA) is 92.3 Å². The van der Waals surface area contributed by atoms with Crippen LogP contribution >= 0.6 is 11.6 Å². The Kier molecular flexibility index (Phi) is 6.95. The fourth-order valence-electron chi connectivity index (χ4n) is 3.47. The monoisotopic (exact) mass is 504 g/mol. The molecule has 35 heavy (non-hydrogen) atoms. The van der Waals surface area contributed by atoms with Gasteiger partial charge in [0, 0.05) is 34.3 Å². The summed E-state index contributed by atoms with van der Waals surface area (Å²) in [5.74, 6) is 1.26. The summed E-state index contributed by atoms with van der Waals surface area (Å²) < 4.78 is 51.1. The van der Waals surface area contributed by atoms with Gasteiger partial charge < -0.3 is 15.2 Å². The van der Waals surface area contributed by atoms with Crippen LogP contribution in [0.5, 0.6) is 11.5 Å². The van der Waals surface area contributed by atoms with Crippen LogP contribution < -0.4 is 20.8 Å². The summed E-state index contributed by atoms with van der Waals surface area (Å²) in [6.07, 6.45) is -3.01. The number of methoxy groups -OCH3 is 1. The van der Waals surface area contributed by atoms with Gasteiger partial charge >= 0.3 is 6.18 Å². The molecule has 11 heteroatoms. The highest BCUT2D eigenvalue weighted by Gasteiger charge is 2.38. The smallest absolute Gasteiger partial charge is 0.407 e. The van der Waals surface area contributed by atoms with Crippen molar-refractivity contribution in [2.75, 3.05) is 13.7 Å². The first-order chi connectivity index (χ1) is 16.7. The van der Waals surface area contributed by atoms with E-state index in [9.17, 15) is 18.0 Å². The summed E-state index contributed by atoms with van der Waals surface area (Å²) in [6, 6.07) is 11.7. The second-order valence-electron chi connectivity index (χ2n) is 7.58. The van der Waals surface area contributed by atoms with Crippen molar-refractivity contribution < 1.29 is 22.6 Å². The summed E-state index contributed by atoms with van der Waals surface area (Å²) in [5.41, 5.74) is 6.16. The molecule has 2 aromatic carbocycles. The van der Waals surface area contributed by atoms with Crippen molar-refractivity contribution in [3.05, 3.63) is 81.7 Å². The Morgan fingerprint density at radius 2 is 1.91 bits per heavy atom. The van der Waals surface area contributed by atoms with E-state index in [2.05, 4.69) is 10.1 Å². The number of nitrogens with zero attached hydrogens (tertiary/aromatic N) is 3. The number of halogens is 4. The molecule has 4 rings (SSSR count). The predicted octanol–water partition coefficient (Wildman–Crippen LogP) is 4.76. The van der Waals surface area contributed by atoms with E-state index in [1.165, 1.54) is 35.0 Å². The molecule has 1 atom stereocenters. The molecule has 0 amide bonds. The molecule has 0 aliphatic carbocycles. The standard InChI is InChI=1S/C24H20ClF3N4O3/c1-34-15-3-5-17-20(13-15)30-9-8-21(17)35-11-10-32-22(33)7-6-19(31-32)14-2-4-16(18(25)12-14)23(29)24(26,27)28/h2-9,12-13,23H,10-11,29H2,1H3/t23-/m1/s1. The van der Waals surface area contributed by atoms with Crippen molar-refractivity contribution in [1.29, 1.82) is 0 Å². The van der Waals surface area contributed by atoms with Gasteiger partial charge in [0.05, 0.1) is 24.9 Å². The van der Waals surface area contributed by atoms with Crippen LogP contribution in [-0.2, 0) is 6.54 Å². The van der Waals surface area contributed by atoms with Gasteiger partial charge in [0.15, 0.2) is 0 Å². The van der Waals surface area contributed by atoms with Crippen molar-refractivity contribution in [2.45, 2.75) is 18.8 Å². The first-order valence-electron chi connectivity index (χ1n) is 10.4. The van der Waals surface area contributed by atoms with E-state index >= 15 is 0 Å². The molecule has 0 radical (unpaired) electrons. The van der Waals surface area contributed by atoms with Crippen LogP contribution in [0.25, 0.3) is 22.2 Å². The van der Waals surface area contributed by atoms with Crippen molar-refractivity contribution in [2.24, 2.45) is 5.73 Å².